The fraction of sp³-hybridized carbons (Fsp3) is 0. The first-order valence-corrected chi connectivity index (χ1v) is 6.02. The number of carbonyl (C=O) groups excluding carboxylic acids is 1. The number of aliphatic carboxylic acids is 1. The van der Waals surface area contributed by atoms with E-state index in [4.69, 9.17) is 9.66 Å². The fourth-order valence-corrected chi connectivity index (χ4v) is 1.52. The highest BCUT2D eigenvalue weighted by Gasteiger charge is 2.08. The second-order valence-electron chi connectivity index (χ2n) is 3.16. The summed E-state index contributed by atoms with van der Waals surface area (Å²) in [4.78, 5) is 21.0. The SMILES string of the molecule is O=C(O)/C=C/C(=O)Nc1ccc(S(=O)(=O)O)cc1. The Kier molecular flexibility index (Phi) is 4.18. The Morgan fingerprint density at radius 3 is 2.11 bits per heavy atom. The van der Waals surface area contributed by atoms with Gasteiger partial charge in [0.05, 0.1) is 4.90 Å². The standard InChI is InChI=1S/C10H9NO6S/c12-9(5-6-10(13)14)11-7-1-3-8(4-2-7)18(15,16)17/h1-6H,(H,11,12)(H,13,14)(H,15,16,17)/b6-5+. The molecule has 8 heteroatoms. The van der Waals surface area contributed by atoms with E-state index in [9.17, 15) is 18.0 Å². The molecule has 0 fully saturated rings. The number of amides is 1. The van der Waals surface area contributed by atoms with E-state index in [1.165, 1.54) is 12.1 Å². The third-order valence-electron chi connectivity index (χ3n) is 1.80. The van der Waals surface area contributed by atoms with Gasteiger partial charge in [-0.15, -0.1) is 0 Å². The van der Waals surface area contributed by atoms with Crippen molar-refractivity contribution in [1.82, 2.24) is 0 Å². The van der Waals surface area contributed by atoms with Gasteiger partial charge >= 0.3 is 5.97 Å². The van der Waals surface area contributed by atoms with Crippen LogP contribution in [0, 0.1) is 0 Å². The summed E-state index contributed by atoms with van der Waals surface area (Å²) in [6, 6.07) is 4.73. The van der Waals surface area contributed by atoms with Gasteiger partial charge in [0.15, 0.2) is 0 Å². The van der Waals surface area contributed by atoms with E-state index >= 15 is 0 Å². The van der Waals surface area contributed by atoms with Crippen LogP contribution in [0.25, 0.3) is 0 Å². The molecule has 0 unspecified atom stereocenters. The van der Waals surface area contributed by atoms with Crippen molar-refractivity contribution in [2.45, 2.75) is 4.90 Å². The number of carboxylic acid groups (broad SMARTS) is 1. The topological polar surface area (TPSA) is 121 Å². The van der Waals surface area contributed by atoms with Crippen LogP contribution in [0.4, 0.5) is 5.69 Å². The zero-order chi connectivity index (χ0) is 13.8. The third kappa shape index (κ3) is 4.36. The molecule has 0 saturated carbocycles. The summed E-state index contributed by atoms with van der Waals surface area (Å²) in [7, 11) is -4.27. The molecule has 0 aliphatic carbocycles. The van der Waals surface area contributed by atoms with E-state index in [1.807, 2.05) is 0 Å². The van der Waals surface area contributed by atoms with Crippen LogP contribution in [0.3, 0.4) is 0 Å². The molecule has 3 N–H and O–H groups in total. The second-order valence-corrected chi connectivity index (χ2v) is 4.58. The first kappa shape index (κ1) is 13.9. The molecule has 18 heavy (non-hydrogen) atoms. The van der Waals surface area contributed by atoms with Gasteiger partial charge in [-0.25, -0.2) is 4.79 Å². The molecule has 0 heterocycles. The maximum Gasteiger partial charge on any atom is 0.328 e. The Morgan fingerprint density at radius 1 is 1.11 bits per heavy atom. The molecule has 7 nitrogen and oxygen atoms in total. The summed E-state index contributed by atoms with van der Waals surface area (Å²) in [5.41, 5.74) is 0.266. The molecule has 0 radical (unpaired) electrons. The molecule has 0 atom stereocenters. The van der Waals surface area contributed by atoms with Gasteiger partial charge in [-0.05, 0) is 24.3 Å². The predicted octanol–water partition coefficient (Wildman–Crippen LogP) is 0.513. The van der Waals surface area contributed by atoms with Crippen LogP contribution in [-0.2, 0) is 19.7 Å². The molecule has 96 valence electrons. The van der Waals surface area contributed by atoms with E-state index in [0.29, 0.717) is 6.08 Å². The summed E-state index contributed by atoms with van der Waals surface area (Å²) in [6.07, 6.45) is 1.49. The van der Waals surface area contributed by atoms with Gasteiger partial charge in [-0.1, -0.05) is 0 Å². The van der Waals surface area contributed by atoms with Gasteiger partial charge < -0.3 is 10.4 Å². The number of hydrogen-bond acceptors (Lipinski definition) is 4. The van der Waals surface area contributed by atoms with Crippen molar-refractivity contribution in [3.05, 3.63) is 36.4 Å². The van der Waals surface area contributed by atoms with Crippen molar-refractivity contribution < 1.29 is 27.7 Å². The minimum absolute atomic E-state index is 0.266. The predicted molar refractivity (Wildman–Crippen MR) is 61.7 cm³/mol. The lowest BCUT2D eigenvalue weighted by Crippen LogP contribution is -2.08. The van der Waals surface area contributed by atoms with Gasteiger partial charge in [0.2, 0.25) is 5.91 Å². The summed E-state index contributed by atoms with van der Waals surface area (Å²) in [6.45, 7) is 0. The highest BCUT2D eigenvalue weighted by Crippen LogP contribution is 2.13. The van der Waals surface area contributed by atoms with E-state index < -0.39 is 22.0 Å². The van der Waals surface area contributed by atoms with Crippen LogP contribution in [0.2, 0.25) is 0 Å². The Morgan fingerprint density at radius 2 is 1.67 bits per heavy atom. The average molecular weight is 271 g/mol. The molecule has 1 aromatic carbocycles. The molecule has 1 amide bonds. The van der Waals surface area contributed by atoms with Gasteiger partial charge in [0.25, 0.3) is 10.1 Å². The zero-order valence-corrected chi connectivity index (χ0v) is 9.72. The first-order valence-electron chi connectivity index (χ1n) is 4.58. The van der Waals surface area contributed by atoms with E-state index in [2.05, 4.69) is 5.32 Å². The van der Waals surface area contributed by atoms with Crippen LogP contribution >= 0.6 is 0 Å². The van der Waals surface area contributed by atoms with Crippen LogP contribution < -0.4 is 5.32 Å². The normalized spacial score (nSPS) is 11.4. The smallest absolute Gasteiger partial charge is 0.328 e. The number of rotatable bonds is 4. The molecule has 1 aromatic rings. The maximum absolute atomic E-state index is 11.2. The summed E-state index contributed by atoms with van der Waals surface area (Å²) < 4.78 is 30.2. The Balaban J connectivity index is 2.76. The minimum Gasteiger partial charge on any atom is -0.478 e. The summed E-state index contributed by atoms with van der Waals surface area (Å²) in [5, 5.41) is 10.6. The van der Waals surface area contributed by atoms with Gasteiger partial charge in [0, 0.05) is 17.8 Å². The number of nitrogens with one attached hydrogen (secondary N) is 1. The quantitative estimate of drug-likeness (QED) is 0.542. The van der Waals surface area contributed by atoms with Crippen LogP contribution in [0.5, 0.6) is 0 Å². The summed E-state index contributed by atoms with van der Waals surface area (Å²) >= 11 is 0. The van der Waals surface area contributed by atoms with Gasteiger partial charge in [-0.2, -0.15) is 8.42 Å². The van der Waals surface area contributed by atoms with Crippen molar-refractivity contribution in [3.8, 4) is 0 Å². The highest BCUT2D eigenvalue weighted by atomic mass is 32.2. The molecule has 0 spiro atoms. The maximum atomic E-state index is 11.2. The van der Waals surface area contributed by atoms with Crippen molar-refractivity contribution in [1.29, 1.82) is 0 Å². The Labute approximate surface area is 102 Å². The first-order chi connectivity index (χ1) is 8.29. The van der Waals surface area contributed by atoms with E-state index in [-0.39, 0.29) is 10.6 Å². The van der Waals surface area contributed by atoms with E-state index in [1.54, 1.807) is 0 Å². The molecule has 0 aliphatic heterocycles. The molecule has 0 saturated heterocycles. The monoisotopic (exact) mass is 271 g/mol. The lowest BCUT2D eigenvalue weighted by molar-refractivity contribution is -0.131. The Bertz CT molecular complexity index is 587. The van der Waals surface area contributed by atoms with Crippen molar-refractivity contribution in [3.63, 3.8) is 0 Å². The van der Waals surface area contributed by atoms with Crippen molar-refractivity contribution in [2.75, 3.05) is 5.32 Å². The van der Waals surface area contributed by atoms with Crippen molar-refractivity contribution in [2.24, 2.45) is 0 Å². The molecule has 0 aliphatic rings. The number of carboxylic acids is 1. The van der Waals surface area contributed by atoms with Crippen LogP contribution in [-0.4, -0.2) is 30.0 Å². The second kappa shape index (κ2) is 5.43. The van der Waals surface area contributed by atoms with Crippen LogP contribution in [0.15, 0.2) is 41.3 Å². The average Bonchev–Trinajstić information content (AvgIpc) is 2.26. The van der Waals surface area contributed by atoms with Gasteiger partial charge in [0.1, 0.15) is 0 Å². The summed E-state index contributed by atoms with van der Waals surface area (Å²) in [5.74, 6) is -1.93. The van der Waals surface area contributed by atoms with Crippen molar-refractivity contribution >= 4 is 27.7 Å². The lowest BCUT2D eigenvalue weighted by Gasteiger charge is -2.02. The highest BCUT2D eigenvalue weighted by molar-refractivity contribution is 7.85. The minimum atomic E-state index is -4.27. The number of anilines is 1. The van der Waals surface area contributed by atoms with E-state index in [0.717, 1.165) is 18.2 Å². The fourth-order valence-electron chi connectivity index (χ4n) is 1.04. The number of benzene rings is 1. The number of hydrogen-bond donors (Lipinski definition) is 3. The van der Waals surface area contributed by atoms with Gasteiger partial charge in [-0.3, -0.25) is 9.35 Å². The van der Waals surface area contributed by atoms with Crippen LogP contribution in [0.1, 0.15) is 0 Å². The molecule has 0 bridgehead atoms. The largest absolute Gasteiger partial charge is 0.478 e. The lowest BCUT2D eigenvalue weighted by atomic mass is 10.3. The number of carbonyl (C=O) groups is 2. The Hall–Kier alpha value is -2.19. The molecular weight excluding hydrogens is 262 g/mol. The molecular formula is C10H9NO6S. The molecule has 1 rings (SSSR count). The third-order valence-corrected chi connectivity index (χ3v) is 2.66. The molecule has 0 aromatic heterocycles. The zero-order valence-electron chi connectivity index (χ0n) is 8.90.